The average Bonchev–Trinajstić information content (AvgIpc) is 1.38. The molecule has 1 N–H and O–H groups in total. The van der Waals surface area contributed by atoms with Gasteiger partial charge in [-0.05, 0) is 0 Å². The Kier molecular flexibility index (Phi) is 30.8. The molecule has 0 aromatic heterocycles. The van der Waals surface area contributed by atoms with Crippen molar-refractivity contribution in [1.29, 1.82) is 0 Å². The summed E-state index contributed by atoms with van der Waals surface area (Å²) in [6, 6.07) is 0. The fourth-order valence-corrected chi connectivity index (χ4v) is 0. The van der Waals surface area contributed by atoms with Crippen LogP contribution in [0.15, 0.2) is 0 Å². The van der Waals surface area contributed by atoms with Crippen LogP contribution in [-0.2, 0) is 3.17 Å². The van der Waals surface area contributed by atoms with Gasteiger partial charge >= 0.3 is 139 Å². The third kappa shape index (κ3) is 17.8. The van der Waals surface area contributed by atoms with Gasteiger partial charge in [-0.2, -0.15) is 0 Å². The summed E-state index contributed by atoms with van der Waals surface area (Å²) in [5.41, 5.74) is 0. The Morgan fingerprint density at radius 1 is 1.29 bits per heavy atom. The Labute approximate surface area is 135 Å². The van der Waals surface area contributed by atoms with Gasteiger partial charge in [-0.15, -0.1) is 0 Å². The normalized spacial score (nSPS) is 6.86. The average molecular weight is 265 g/mol. The van der Waals surface area contributed by atoms with Crippen LogP contribution in [0.2, 0.25) is 0 Å². The molecule has 32 valence electrons. The zero-order valence-corrected chi connectivity index (χ0v) is 12.9. The molecule has 7 heteroatoms. The minimum atomic E-state index is -3.92. The van der Waals surface area contributed by atoms with Crippen LogP contribution >= 0.6 is 0 Å². The summed E-state index contributed by atoms with van der Waals surface area (Å²) in [7, 11) is 0. The fraction of sp³-hybridized carbons (Fsp3) is 0. The van der Waals surface area contributed by atoms with Crippen molar-refractivity contribution >= 4 is 21.5 Å². The van der Waals surface area contributed by atoms with E-state index in [1.165, 1.54) is 0 Å². The van der Waals surface area contributed by atoms with Gasteiger partial charge in [0.25, 0.3) is 0 Å². The van der Waals surface area contributed by atoms with Gasteiger partial charge in [-0.25, -0.2) is 0 Å². The first-order valence-electron chi connectivity index (χ1n) is 0.730. The summed E-state index contributed by atoms with van der Waals surface area (Å²) >= 11 is -3.92. The SMILES string of the molecule is [K+].[K+].[O-][Sb]([O-])[O]O. The second-order valence-electron chi connectivity index (χ2n) is 0.305. The molecule has 0 aromatic carbocycles. The molecule has 0 saturated heterocycles. The maximum absolute atomic E-state index is 9.05. The van der Waals surface area contributed by atoms with Crippen LogP contribution in [0.25, 0.3) is 0 Å². The summed E-state index contributed by atoms with van der Waals surface area (Å²) in [5, 5.41) is 7.10. The molecule has 0 aliphatic rings. The predicted molar refractivity (Wildman–Crippen MR) is 9.47 cm³/mol. The molecule has 0 radical (unpaired) electrons. The molecule has 4 nitrogen and oxygen atoms in total. The fourth-order valence-electron chi connectivity index (χ4n) is 0. The van der Waals surface area contributed by atoms with E-state index in [4.69, 9.17) is 12.0 Å². The zero-order chi connectivity index (χ0) is 4.28. The Morgan fingerprint density at radius 2 is 1.43 bits per heavy atom. The van der Waals surface area contributed by atoms with Crippen molar-refractivity contribution < 1.29 is 118 Å². The van der Waals surface area contributed by atoms with Crippen LogP contribution in [0.5, 0.6) is 0 Å². The van der Waals surface area contributed by atoms with Crippen molar-refractivity contribution in [3.63, 3.8) is 0 Å². The molecule has 0 atom stereocenters. The van der Waals surface area contributed by atoms with Gasteiger partial charge in [0.1, 0.15) is 0 Å². The first-order valence-corrected chi connectivity index (χ1v) is 3.86. The summed E-state index contributed by atoms with van der Waals surface area (Å²) in [6.45, 7) is 0. The topological polar surface area (TPSA) is 75.6 Å². The van der Waals surface area contributed by atoms with E-state index in [0.29, 0.717) is 0 Å². The molecule has 0 unspecified atom stereocenters. The summed E-state index contributed by atoms with van der Waals surface area (Å²) in [6.07, 6.45) is 0. The van der Waals surface area contributed by atoms with Gasteiger partial charge in [0.05, 0.1) is 0 Å². The van der Waals surface area contributed by atoms with Crippen LogP contribution in [0.4, 0.5) is 0 Å². The van der Waals surface area contributed by atoms with E-state index in [1.54, 1.807) is 0 Å². The molecule has 0 amide bonds. The quantitative estimate of drug-likeness (QED) is 0.290. The molecular formula is HK2O4Sb. The summed E-state index contributed by atoms with van der Waals surface area (Å²) in [5.74, 6) is 0. The Morgan fingerprint density at radius 3 is 1.43 bits per heavy atom. The monoisotopic (exact) mass is 264 g/mol. The molecule has 0 aliphatic carbocycles. The van der Waals surface area contributed by atoms with E-state index < -0.39 is 21.5 Å². The number of hydrogen-bond acceptors (Lipinski definition) is 4. The van der Waals surface area contributed by atoms with E-state index in [0.717, 1.165) is 0 Å². The van der Waals surface area contributed by atoms with E-state index >= 15 is 0 Å². The molecule has 0 heterocycles. The number of rotatable bonds is 1. The van der Waals surface area contributed by atoms with Crippen molar-refractivity contribution in [3.05, 3.63) is 0 Å². The van der Waals surface area contributed by atoms with Gasteiger partial charge in [0, 0.05) is 0 Å². The van der Waals surface area contributed by atoms with Crippen molar-refractivity contribution in [3.8, 4) is 0 Å². The summed E-state index contributed by atoms with van der Waals surface area (Å²) < 4.78 is 20.9. The molecule has 0 aliphatic heterocycles. The van der Waals surface area contributed by atoms with Crippen LogP contribution in [0.1, 0.15) is 0 Å². The molecule has 7 heavy (non-hydrogen) atoms. The van der Waals surface area contributed by atoms with Crippen LogP contribution in [-0.4, -0.2) is 26.7 Å². The van der Waals surface area contributed by atoms with Gasteiger partial charge in [0.2, 0.25) is 0 Å². The Balaban J connectivity index is -0.0000000800. The Hall–Kier alpha value is 3.93. The maximum atomic E-state index is 9.05. The predicted octanol–water partition coefficient (Wildman–Crippen LogP) is -8.81. The van der Waals surface area contributed by atoms with E-state index in [9.17, 15) is 0 Å². The second kappa shape index (κ2) is 12.6. The molecule has 0 spiro atoms. The second-order valence-corrected chi connectivity index (χ2v) is 2.05. The third-order valence-electron chi connectivity index (χ3n) is 0.0667. The van der Waals surface area contributed by atoms with Crippen molar-refractivity contribution in [2.45, 2.75) is 0 Å². The van der Waals surface area contributed by atoms with Gasteiger partial charge in [0.15, 0.2) is 0 Å². The van der Waals surface area contributed by atoms with Gasteiger partial charge in [-0.3, -0.25) is 0 Å². The van der Waals surface area contributed by atoms with Crippen molar-refractivity contribution in [2.24, 2.45) is 0 Å². The third-order valence-corrected chi connectivity index (χ3v) is 0.447. The van der Waals surface area contributed by atoms with E-state index in [-0.39, 0.29) is 103 Å². The minimum absolute atomic E-state index is 0. The molecule has 0 aromatic rings. The standard InChI is InChI=1S/2K.H2O2.2O.Sb/c;;1-2;;;/h;;1-2H;;;/q2*+1;;2*-1;+1/p-1. The number of hydrogen-bond donors (Lipinski definition) is 1. The molecule has 0 saturated carbocycles. The van der Waals surface area contributed by atoms with Crippen LogP contribution in [0.3, 0.4) is 0 Å². The van der Waals surface area contributed by atoms with Gasteiger partial charge < -0.3 is 0 Å². The van der Waals surface area contributed by atoms with Crippen LogP contribution in [0, 0.1) is 0 Å². The van der Waals surface area contributed by atoms with E-state index in [2.05, 4.69) is 3.17 Å². The molecule has 0 bridgehead atoms. The molecular weight excluding hydrogens is 264 g/mol. The zero-order valence-electron chi connectivity index (χ0n) is 4.12. The molecule has 0 rings (SSSR count). The molecule has 0 fully saturated rings. The first-order chi connectivity index (χ1) is 2.27. The van der Waals surface area contributed by atoms with Crippen molar-refractivity contribution in [2.75, 3.05) is 0 Å². The van der Waals surface area contributed by atoms with E-state index in [1.807, 2.05) is 0 Å². The Bertz CT molecular complexity index is 23.7. The summed E-state index contributed by atoms with van der Waals surface area (Å²) in [4.78, 5) is 0. The van der Waals surface area contributed by atoms with Gasteiger partial charge in [-0.1, -0.05) is 0 Å². The van der Waals surface area contributed by atoms with Crippen LogP contribution < -0.4 is 110 Å². The van der Waals surface area contributed by atoms with Crippen molar-refractivity contribution in [1.82, 2.24) is 0 Å². The first kappa shape index (κ1) is 17.1.